The van der Waals surface area contributed by atoms with Crippen LogP contribution >= 0.6 is 0 Å². The summed E-state index contributed by atoms with van der Waals surface area (Å²) in [6.45, 7) is 0.898. The molecule has 0 bridgehead atoms. The van der Waals surface area contributed by atoms with E-state index in [0.29, 0.717) is 19.4 Å². The zero-order valence-corrected chi connectivity index (χ0v) is 11.6. The maximum atomic E-state index is 11.8. The number of esters is 1. The number of rotatable bonds is 5. The Morgan fingerprint density at radius 1 is 1.45 bits per heavy atom. The Morgan fingerprint density at radius 2 is 2.15 bits per heavy atom. The SMILES string of the molecule is CN1CC(CC(N)C(=O)OCc2ccccc2)CC1=O. The summed E-state index contributed by atoms with van der Waals surface area (Å²) >= 11 is 0. The lowest BCUT2D eigenvalue weighted by atomic mass is 9.99. The molecule has 0 saturated carbocycles. The van der Waals surface area contributed by atoms with Gasteiger partial charge in [0.25, 0.3) is 0 Å². The molecule has 0 spiro atoms. The zero-order chi connectivity index (χ0) is 14.5. The molecule has 5 nitrogen and oxygen atoms in total. The second-order valence-corrected chi connectivity index (χ2v) is 5.28. The van der Waals surface area contributed by atoms with E-state index >= 15 is 0 Å². The topological polar surface area (TPSA) is 72.6 Å². The molecule has 0 aliphatic carbocycles. The van der Waals surface area contributed by atoms with Gasteiger partial charge in [0, 0.05) is 20.0 Å². The summed E-state index contributed by atoms with van der Waals surface area (Å²) in [6, 6.07) is 8.81. The first-order valence-corrected chi connectivity index (χ1v) is 6.76. The summed E-state index contributed by atoms with van der Waals surface area (Å²) in [4.78, 5) is 24.9. The van der Waals surface area contributed by atoms with Crippen LogP contribution in [0.1, 0.15) is 18.4 Å². The molecule has 1 heterocycles. The molecule has 0 aromatic heterocycles. The van der Waals surface area contributed by atoms with Gasteiger partial charge in [0.2, 0.25) is 5.91 Å². The molecule has 1 aromatic carbocycles. The van der Waals surface area contributed by atoms with E-state index in [2.05, 4.69) is 0 Å². The van der Waals surface area contributed by atoms with Gasteiger partial charge in [0.1, 0.15) is 12.6 Å². The van der Waals surface area contributed by atoms with Crippen LogP contribution in [0.4, 0.5) is 0 Å². The van der Waals surface area contributed by atoms with Crippen LogP contribution in [-0.4, -0.2) is 36.4 Å². The molecule has 5 heteroatoms. The first-order valence-electron chi connectivity index (χ1n) is 6.76. The van der Waals surface area contributed by atoms with Crippen molar-refractivity contribution in [3.63, 3.8) is 0 Å². The summed E-state index contributed by atoms with van der Waals surface area (Å²) in [5.74, 6) is -0.150. The largest absolute Gasteiger partial charge is 0.460 e. The van der Waals surface area contributed by atoms with Crippen molar-refractivity contribution < 1.29 is 14.3 Å². The van der Waals surface area contributed by atoms with Gasteiger partial charge in [-0.25, -0.2) is 0 Å². The first-order chi connectivity index (χ1) is 9.56. The van der Waals surface area contributed by atoms with Crippen LogP contribution in [0.2, 0.25) is 0 Å². The fraction of sp³-hybridized carbons (Fsp3) is 0.467. The van der Waals surface area contributed by atoms with Crippen molar-refractivity contribution in [2.24, 2.45) is 11.7 Å². The van der Waals surface area contributed by atoms with E-state index in [1.54, 1.807) is 11.9 Å². The Morgan fingerprint density at radius 3 is 2.75 bits per heavy atom. The molecule has 1 aromatic rings. The van der Waals surface area contributed by atoms with Crippen molar-refractivity contribution in [1.29, 1.82) is 0 Å². The van der Waals surface area contributed by atoms with Gasteiger partial charge in [0.05, 0.1) is 0 Å². The minimum Gasteiger partial charge on any atom is -0.460 e. The highest BCUT2D eigenvalue weighted by Gasteiger charge is 2.30. The predicted octanol–water partition coefficient (Wildman–Crippen LogP) is 0.925. The number of hydrogen-bond acceptors (Lipinski definition) is 4. The molecule has 20 heavy (non-hydrogen) atoms. The summed E-state index contributed by atoms with van der Waals surface area (Å²) in [5, 5.41) is 0. The third-order valence-corrected chi connectivity index (χ3v) is 3.54. The van der Waals surface area contributed by atoms with Crippen molar-refractivity contribution in [2.75, 3.05) is 13.6 Å². The second kappa shape index (κ2) is 6.52. The molecular weight excluding hydrogens is 256 g/mol. The molecule has 2 atom stereocenters. The zero-order valence-electron chi connectivity index (χ0n) is 11.6. The van der Waals surface area contributed by atoms with Crippen LogP contribution in [0.5, 0.6) is 0 Å². The quantitative estimate of drug-likeness (QED) is 0.812. The van der Waals surface area contributed by atoms with E-state index in [1.807, 2.05) is 30.3 Å². The Labute approximate surface area is 118 Å². The first kappa shape index (κ1) is 14.5. The van der Waals surface area contributed by atoms with Crippen LogP contribution < -0.4 is 5.73 Å². The Balaban J connectivity index is 1.76. The smallest absolute Gasteiger partial charge is 0.323 e. The van der Waals surface area contributed by atoms with Crippen molar-refractivity contribution in [2.45, 2.75) is 25.5 Å². The van der Waals surface area contributed by atoms with Crippen LogP contribution in [0, 0.1) is 5.92 Å². The van der Waals surface area contributed by atoms with E-state index in [0.717, 1.165) is 5.56 Å². The van der Waals surface area contributed by atoms with Gasteiger partial charge < -0.3 is 15.4 Å². The summed E-state index contributed by atoms with van der Waals surface area (Å²) in [6.07, 6.45) is 0.958. The molecule has 0 radical (unpaired) electrons. The number of carbonyl (C=O) groups excluding carboxylic acids is 2. The van der Waals surface area contributed by atoms with E-state index in [4.69, 9.17) is 10.5 Å². The normalized spacial score (nSPS) is 20.0. The highest BCUT2D eigenvalue weighted by molar-refractivity contribution is 5.79. The van der Waals surface area contributed by atoms with E-state index in [1.165, 1.54) is 0 Å². The molecule has 2 rings (SSSR count). The van der Waals surface area contributed by atoms with Crippen LogP contribution in [0.25, 0.3) is 0 Å². The van der Waals surface area contributed by atoms with Crippen LogP contribution in [0.15, 0.2) is 30.3 Å². The van der Waals surface area contributed by atoms with Crippen molar-refractivity contribution in [3.05, 3.63) is 35.9 Å². The van der Waals surface area contributed by atoms with E-state index in [-0.39, 0.29) is 18.4 Å². The summed E-state index contributed by atoms with van der Waals surface area (Å²) in [5.41, 5.74) is 6.78. The number of nitrogens with zero attached hydrogens (tertiary/aromatic N) is 1. The maximum Gasteiger partial charge on any atom is 0.323 e. The van der Waals surface area contributed by atoms with Crippen LogP contribution in [-0.2, 0) is 20.9 Å². The van der Waals surface area contributed by atoms with Crippen molar-refractivity contribution >= 4 is 11.9 Å². The monoisotopic (exact) mass is 276 g/mol. The fourth-order valence-corrected chi connectivity index (χ4v) is 2.41. The molecular formula is C15H20N2O3. The Hall–Kier alpha value is -1.88. The molecule has 2 unspecified atom stereocenters. The highest BCUT2D eigenvalue weighted by atomic mass is 16.5. The van der Waals surface area contributed by atoms with Gasteiger partial charge in [-0.05, 0) is 17.9 Å². The molecule has 1 saturated heterocycles. The number of hydrogen-bond donors (Lipinski definition) is 1. The van der Waals surface area contributed by atoms with Gasteiger partial charge >= 0.3 is 5.97 Å². The molecule has 1 aliphatic heterocycles. The van der Waals surface area contributed by atoms with Gasteiger partial charge in [-0.1, -0.05) is 30.3 Å². The van der Waals surface area contributed by atoms with Crippen molar-refractivity contribution in [3.8, 4) is 0 Å². The van der Waals surface area contributed by atoms with E-state index < -0.39 is 12.0 Å². The highest BCUT2D eigenvalue weighted by Crippen LogP contribution is 2.20. The third-order valence-electron chi connectivity index (χ3n) is 3.54. The van der Waals surface area contributed by atoms with Crippen molar-refractivity contribution in [1.82, 2.24) is 4.90 Å². The molecule has 1 amide bonds. The lowest BCUT2D eigenvalue weighted by Gasteiger charge is -2.15. The maximum absolute atomic E-state index is 11.8. The summed E-state index contributed by atoms with van der Waals surface area (Å²) in [7, 11) is 1.77. The summed E-state index contributed by atoms with van der Waals surface area (Å²) < 4.78 is 5.19. The van der Waals surface area contributed by atoms with Gasteiger partial charge in [-0.15, -0.1) is 0 Å². The minimum atomic E-state index is -0.664. The number of likely N-dealkylation sites (tertiary alicyclic amines) is 1. The standard InChI is InChI=1S/C15H20N2O3/c1-17-9-12(8-14(17)18)7-13(16)15(19)20-10-11-5-3-2-4-6-11/h2-6,12-13H,7-10,16H2,1H3. The number of ether oxygens (including phenoxy) is 1. The van der Waals surface area contributed by atoms with Crippen LogP contribution in [0.3, 0.4) is 0 Å². The Bertz CT molecular complexity index is 475. The molecule has 1 fully saturated rings. The van der Waals surface area contributed by atoms with Gasteiger partial charge in [0.15, 0.2) is 0 Å². The lowest BCUT2D eigenvalue weighted by Crippen LogP contribution is -2.34. The lowest BCUT2D eigenvalue weighted by molar-refractivity contribution is -0.147. The average molecular weight is 276 g/mol. The number of nitrogens with two attached hydrogens (primary N) is 1. The van der Waals surface area contributed by atoms with E-state index in [9.17, 15) is 9.59 Å². The number of benzene rings is 1. The average Bonchev–Trinajstić information content (AvgIpc) is 2.75. The molecule has 108 valence electrons. The van der Waals surface area contributed by atoms with Gasteiger partial charge in [-0.3, -0.25) is 9.59 Å². The predicted molar refractivity (Wildman–Crippen MR) is 74.6 cm³/mol. The second-order valence-electron chi connectivity index (χ2n) is 5.28. The van der Waals surface area contributed by atoms with Gasteiger partial charge in [-0.2, -0.15) is 0 Å². The fourth-order valence-electron chi connectivity index (χ4n) is 2.41. The Kier molecular flexibility index (Phi) is 4.74. The number of amides is 1. The molecule has 1 aliphatic rings. The molecule has 2 N–H and O–H groups in total. The minimum absolute atomic E-state index is 0.111. The number of carbonyl (C=O) groups is 2. The third kappa shape index (κ3) is 3.81.